The Labute approximate surface area is 173 Å². The van der Waals surface area contributed by atoms with E-state index in [9.17, 15) is 18.0 Å². The molecule has 2 aromatic carbocycles. The maximum absolute atomic E-state index is 13.5. The minimum absolute atomic E-state index is 0.131. The molecule has 1 saturated heterocycles. The zero-order valence-electron chi connectivity index (χ0n) is 16.6. The van der Waals surface area contributed by atoms with Gasteiger partial charge in [0.25, 0.3) is 0 Å². The maximum Gasteiger partial charge on any atom is 0.317 e. The van der Waals surface area contributed by atoms with Crippen LogP contribution in [0.1, 0.15) is 35.6 Å². The topological polar surface area (TPSA) is 32.3 Å². The summed E-state index contributed by atoms with van der Waals surface area (Å²) in [5.74, 6) is -1.54. The first-order chi connectivity index (χ1) is 13.9. The molecular formula is C22H25F3N2OS. The Bertz CT molecular complexity index is 857. The van der Waals surface area contributed by atoms with Gasteiger partial charge in [-0.3, -0.25) is 0 Å². The predicted molar refractivity (Wildman–Crippen MR) is 111 cm³/mol. The normalized spacial score (nSPS) is 19.3. The van der Waals surface area contributed by atoms with Crippen LogP contribution in [0.3, 0.4) is 0 Å². The molecule has 3 rings (SSSR count). The molecule has 0 unspecified atom stereocenters. The molecule has 29 heavy (non-hydrogen) atoms. The van der Waals surface area contributed by atoms with E-state index >= 15 is 0 Å². The van der Waals surface area contributed by atoms with Crippen LogP contribution in [0.25, 0.3) is 0 Å². The van der Waals surface area contributed by atoms with E-state index in [1.807, 2.05) is 6.92 Å². The zero-order chi connectivity index (χ0) is 21.0. The molecule has 2 aromatic rings. The van der Waals surface area contributed by atoms with Crippen LogP contribution in [-0.2, 0) is 6.42 Å². The van der Waals surface area contributed by atoms with Gasteiger partial charge in [-0.05, 0) is 73.4 Å². The molecule has 2 amide bonds. The number of hydrogen-bond donors (Lipinski definition) is 1. The van der Waals surface area contributed by atoms with E-state index in [4.69, 9.17) is 0 Å². The van der Waals surface area contributed by atoms with Crippen molar-refractivity contribution in [3.63, 3.8) is 0 Å². The van der Waals surface area contributed by atoms with Crippen LogP contribution in [0, 0.1) is 24.4 Å². The van der Waals surface area contributed by atoms with Gasteiger partial charge in [-0.2, -0.15) is 11.8 Å². The second kappa shape index (κ2) is 9.57. The third-order valence-corrected chi connectivity index (χ3v) is 6.45. The summed E-state index contributed by atoms with van der Waals surface area (Å²) in [4.78, 5) is 14.7. The summed E-state index contributed by atoms with van der Waals surface area (Å²) in [7, 11) is 0. The van der Waals surface area contributed by atoms with Gasteiger partial charge in [0.1, 0.15) is 17.5 Å². The van der Waals surface area contributed by atoms with Crippen LogP contribution in [0.5, 0.6) is 0 Å². The third-order valence-electron chi connectivity index (χ3n) is 5.35. The monoisotopic (exact) mass is 422 g/mol. The molecule has 156 valence electrons. The van der Waals surface area contributed by atoms with Crippen LogP contribution in [0.15, 0.2) is 36.4 Å². The van der Waals surface area contributed by atoms with Gasteiger partial charge in [0, 0.05) is 24.4 Å². The van der Waals surface area contributed by atoms with Gasteiger partial charge in [-0.1, -0.05) is 6.07 Å². The molecule has 1 aliphatic rings. The number of thioether (sulfide) groups is 1. The molecule has 1 fully saturated rings. The fraction of sp³-hybridized carbons (Fsp3) is 0.409. The number of nitrogens with zero attached hydrogens (tertiary/aromatic N) is 1. The summed E-state index contributed by atoms with van der Waals surface area (Å²) >= 11 is 1.78. The fourth-order valence-electron chi connectivity index (χ4n) is 3.87. The minimum Gasteiger partial charge on any atom is -0.338 e. The van der Waals surface area contributed by atoms with Crippen molar-refractivity contribution >= 4 is 17.8 Å². The Morgan fingerprint density at radius 2 is 1.86 bits per heavy atom. The van der Waals surface area contributed by atoms with Crippen molar-refractivity contribution in [2.75, 3.05) is 19.3 Å². The standard InChI is InChI=1S/C22H25F3N2OS/c1-14-9-16(23)3-4-20(14)21-13-19(29-2)6-8-27(21)22(28)26-7-5-15-10-17(24)12-18(25)11-15/h3-4,9-12,19,21H,5-8,13H2,1-2H3,(H,26,28)/t19-,21+/m0/s1. The SMILES string of the molecule is CS[C@H]1CCN(C(=O)NCCc2cc(F)cc(F)c2)[C@@H](c2ccc(F)cc2C)C1. The number of likely N-dealkylation sites (tertiary alicyclic amines) is 1. The summed E-state index contributed by atoms with van der Waals surface area (Å²) in [5.41, 5.74) is 2.27. The van der Waals surface area contributed by atoms with E-state index in [0.717, 1.165) is 30.0 Å². The van der Waals surface area contributed by atoms with Gasteiger partial charge >= 0.3 is 6.03 Å². The molecular weight excluding hydrogens is 397 g/mol. The van der Waals surface area contributed by atoms with Crippen molar-refractivity contribution in [1.82, 2.24) is 10.2 Å². The number of piperidine rings is 1. The molecule has 1 N–H and O–H groups in total. The number of amides is 2. The lowest BCUT2D eigenvalue weighted by atomic mass is 9.92. The highest BCUT2D eigenvalue weighted by Gasteiger charge is 2.33. The number of halogens is 3. The minimum atomic E-state index is -0.627. The van der Waals surface area contributed by atoms with Crippen LogP contribution < -0.4 is 5.32 Å². The maximum atomic E-state index is 13.5. The van der Waals surface area contributed by atoms with Crippen molar-refractivity contribution in [3.8, 4) is 0 Å². The molecule has 1 aliphatic heterocycles. The molecule has 0 bridgehead atoms. The lowest BCUT2D eigenvalue weighted by Gasteiger charge is -2.40. The molecule has 0 radical (unpaired) electrons. The van der Waals surface area contributed by atoms with E-state index in [0.29, 0.717) is 23.8 Å². The van der Waals surface area contributed by atoms with Crippen LogP contribution >= 0.6 is 11.8 Å². The fourth-order valence-corrected chi connectivity index (χ4v) is 4.58. The van der Waals surface area contributed by atoms with Gasteiger partial charge in [-0.15, -0.1) is 0 Å². The molecule has 7 heteroatoms. The molecule has 0 aromatic heterocycles. The molecule has 2 atom stereocenters. The average molecular weight is 423 g/mol. The van der Waals surface area contributed by atoms with Crippen molar-refractivity contribution in [2.24, 2.45) is 0 Å². The van der Waals surface area contributed by atoms with Crippen molar-refractivity contribution in [3.05, 3.63) is 70.5 Å². The number of benzene rings is 2. The summed E-state index contributed by atoms with van der Waals surface area (Å²) < 4.78 is 40.2. The highest BCUT2D eigenvalue weighted by Crippen LogP contribution is 2.36. The predicted octanol–water partition coefficient (Wildman–Crippen LogP) is 5.23. The number of aryl methyl sites for hydroxylation is 1. The molecule has 3 nitrogen and oxygen atoms in total. The number of rotatable bonds is 5. The zero-order valence-corrected chi connectivity index (χ0v) is 17.4. The van der Waals surface area contributed by atoms with Gasteiger partial charge in [0.2, 0.25) is 0 Å². The summed E-state index contributed by atoms with van der Waals surface area (Å²) in [6.07, 6.45) is 4.09. The highest BCUT2D eigenvalue weighted by molar-refractivity contribution is 7.99. The second-order valence-corrected chi connectivity index (χ2v) is 8.49. The van der Waals surface area contributed by atoms with Gasteiger partial charge in [0.15, 0.2) is 0 Å². The van der Waals surface area contributed by atoms with Crippen molar-refractivity contribution in [1.29, 1.82) is 0 Å². The smallest absolute Gasteiger partial charge is 0.317 e. The summed E-state index contributed by atoms with van der Waals surface area (Å²) in [6.45, 7) is 2.74. The number of nitrogens with one attached hydrogen (secondary N) is 1. The Morgan fingerprint density at radius 1 is 1.14 bits per heavy atom. The number of carbonyl (C=O) groups is 1. The van der Waals surface area contributed by atoms with E-state index < -0.39 is 11.6 Å². The quantitative estimate of drug-likeness (QED) is 0.715. The van der Waals surface area contributed by atoms with Gasteiger partial charge in [0.05, 0.1) is 6.04 Å². The summed E-state index contributed by atoms with van der Waals surface area (Å²) in [5, 5.41) is 3.30. The van der Waals surface area contributed by atoms with Crippen LogP contribution in [0.4, 0.5) is 18.0 Å². The Morgan fingerprint density at radius 3 is 2.52 bits per heavy atom. The van der Waals surface area contributed by atoms with Crippen molar-refractivity contribution in [2.45, 2.75) is 37.5 Å². The first-order valence-corrected chi connectivity index (χ1v) is 10.9. The van der Waals surface area contributed by atoms with Crippen LogP contribution in [-0.4, -0.2) is 35.5 Å². The van der Waals surface area contributed by atoms with Gasteiger partial charge < -0.3 is 10.2 Å². The Hall–Kier alpha value is -2.15. The van der Waals surface area contributed by atoms with Gasteiger partial charge in [-0.25, -0.2) is 18.0 Å². The third kappa shape index (κ3) is 5.47. The first-order valence-electron chi connectivity index (χ1n) is 9.65. The molecule has 0 aliphatic carbocycles. The van der Waals surface area contributed by atoms with E-state index in [1.165, 1.54) is 24.3 Å². The average Bonchev–Trinajstić information content (AvgIpc) is 2.66. The number of carbonyl (C=O) groups excluding carboxylic acids is 1. The Balaban J connectivity index is 1.69. The number of hydrogen-bond acceptors (Lipinski definition) is 2. The highest BCUT2D eigenvalue weighted by atomic mass is 32.2. The van der Waals surface area contributed by atoms with E-state index in [1.54, 1.807) is 22.7 Å². The first kappa shape index (κ1) is 21.6. The van der Waals surface area contributed by atoms with Crippen LogP contribution in [0.2, 0.25) is 0 Å². The molecule has 0 spiro atoms. The van der Waals surface area contributed by atoms with E-state index in [-0.39, 0.29) is 24.4 Å². The lowest BCUT2D eigenvalue weighted by Crippen LogP contribution is -2.47. The molecule has 1 heterocycles. The van der Waals surface area contributed by atoms with Crippen molar-refractivity contribution < 1.29 is 18.0 Å². The molecule has 0 saturated carbocycles. The second-order valence-electron chi connectivity index (χ2n) is 7.35. The number of urea groups is 1. The summed E-state index contributed by atoms with van der Waals surface area (Å²) in [6, 6.07) is 7.70. The lowest BCUT2D eigenvalue weighted by molar-refractivity contribution is 0.153. The largest absolute Gasteiger partial charge is 0.338 e. The van der Waals surface area contributed by atoms with E-state index in [2.05, 4.69) is 11.6 Å². The Kier molecular flexibility index (Phi) is 7.11.